The van der Waals surface area contributed by atoms with E-state index in [-0.39, 0.29) is 37.2 Å². The van der Waals surface area contributed by atoms with Gasteiger partial charge in [0.1, 0.15) is 5.82 Å². The highest BCUT2D eigenvalue weighted by molar-refractivity contribution is 6.21. The number of hydrogen-bond donors (Lipinski definition) is 2. The third-order valence-electron chi connectivity index (χ3n) is 3.70. The zero-order valence-corrected chi connectivity index (χ0v) is 12.6. The summed E-state index contributed by atoms with van der Waals surface area (Å²) in [6.07, 6.45) is 3.33. The third-order valence-corrected chi connectivity index (χ3v) is 3.70. The van der Waals surface area contributed by atoms with E-state index in [1.54, 1.807) is 30.6 Å². The number of aryl methyl sites for hydroxylation is 1. The maximum absolute atomic E-state index is 12.3. The van der Waals surface area contributed by atoms with E-state index >= 15 is 0 Å². The summed E-state index contributed by atoms with van der Waals surface area (Å²) in [5.74, 6) is -0.278. The van der Waals surface area contributed by atoms with Crippen LogP contribution in [0.4, 0.5) is 0 Å². The molecule has 3 amide bonds. The Labute approximate surface area is 132 Å². The van der Waals surface area contributed by atoms with Crippen LogP contribution < -0.4 is 5.32 Å². The first-order valence-electron chi connectivity index (χ1n) is 7.28. The lowest BCUT2D eigenvalue weighted by molar-refractivity contribution is -0.121. The summed E-state index contributed by atoms with van der Waals surface area (Å²) < 4.78 is 0. The Kier molecular flexibility index (Phi) is 3.92. The number of benzene rings is 1. The number of carbonyl (C=O) groups is 3. The van der Waals surface area contributed by atoms with Gasteiger partial charge in [0.2, 0.25) is 5.91 Å². The lowest BCUT2D eigenvalue weighted by atomic mass is 10.1. The third kappa shape index (κ3) is 2.98. The van der Waals surface area contributed by atoms with Crippen LogP contribution in [-0.4, -0.2) is 39.1 Å². The number of fused-ring (bicyclic) bond motifs is 1. The van der Waals surface area contributed by atoms with Crippen molar-refractivity contribution in [2.24, 2.45) is 0 Å². The standard InChI is InChI=1S/C16H16N4O3/c1-10-2-3-11-12(8-10)16(23)20(15(11)22)7-4-14(21)19-9-13-17-5-6-18-13/h2-3,5-6,8H,4,7,9H2,1H3,(H,17,18)(H,19,21). The molecule has 2 heterocycles. The van der Waals surface area contributed by atoms with Gasteiger partial charge in [-0.15, -0.1) is 0 Å². The molecule has 2 aromatic rings. The molecule has 0 spiro atoms. The number of rotatable bonds is 5. The Hall–Kier alpha value is -2.96. The second-order valence-corrected chi connectivity index (χ2v) is 5.37. The highest BCUT2D eigenvalue weighted by Crippen LogP contribution is 2.23. The van der Waals surface area contributed by atoms with Gasteiger partial charge in [-0.1, -0.05) is 11.6 Å². The molecule has 7 nitrogen and oxygen atoms in total. The highest BCUT2D eigenvalue weighted by atomic mass is 16.2. The summed E-state index contributed by atoms with van der Waals surface area (Å²) in [6, 6.07) is 5.15. The molecular weight excluding hydrogens is 296 g/mol. The van der Waals surface area contributed by atoms with E-state index in [0.717, 1.165) is 10.5 Å². The lowest BCUT2D eigenvalue weighted by Gasteiger charge is -2.13. The van der Waals surface area contributed by atoms with Crippen LogP contribution in [0, 0.1) is 6.92 Å². The van der Waals surface area contributed by atoms with Gasteiger partial charge in [-0.3, -0.25) is 19.3 Å². The quantitative estimate of drug-likeness (QED) is 0.806. The normalized spacial score (nSPS) is 13.3. The second-order valence-electron chi connectivity index (χ2n) is 5.37. The lowest BCUT2D eigenvalue weighted by Crippen LogP contribution is -2.34. The molecule has 0 saturated carbocycles. The molecular formula is C16H16N4O3. The monoisotopic (exact) mass is 312 g/mol. The molecule has 7 heteroatoms. The molecule has 0 unspecified atom stereocenters. The largest absolute Gasteiger partial charge is 0.349 e. The van der Waals surface area contributed by atoms with Crippen molar-refractivity contribution in [2.75, 3.05) is 6.54 Å². The summed E-state index contributed by atoms with van der Waals surface area (Å²) in [7, 11) is 0. The summed E-state index contributed by atoms with van der Waals surface area (Å²) in [6.45, 7) is 2.21. The Bertz CT molecular complexity index is 768. The van der Waals surface area contributed by atoms with E-state index in [0.29, 0.717) is 17.0 Å². The zero-order valence-electron chi connectivity index (χ0n) is 12.6. The predicted molar refractivity (Wildman–Crippen MR) is 81.6 cm³/mol. The van der Waals surface area contributed by atoms with Gasteiger partial charge in [0.15, 0.2) is 0 Å². The van der Waals surface area contributed by atoms with Crippen LogP contribution in [0.1, 0.15) is 38.5 Å². The van der Waals surface area contributed by atoms with Crippen molar-refractivity contribution in [2.45, 2.75) is 19.9 Å². The molecule has 1 aromatic carbocycles. The van der Waals surface area contributed by atoms with Crippen molar-refractivity contribution in [1.82, 2.24) is 20.2 Å². The van der Waals surface area contributed by atoms with Crippen LogP contribution in [0.25, 0.3) is 0 Å². The van der Waals surface area contributed by atoms with E-state index in [4.69, 9.17) is 0 Å². The molecule has 23 heavy (non-hydrogen) atoms. The van der Waals surface area contributed by atoms with Gasteiger partial charge in [0.05, 0.1) is 17.7 Å². The van der Waals surface area contributed by atoms with Gasteiger partial charge in [0, 0.05) is 25.4 Å². The number of nitrogens with zero attached hydrogens (tertiary/aromatic N) is 2. The maximum atomic E-state index is 12.3. The second kappa shape index (κ2) is 6.04. The van der Waals surface area contributed by atoms with E-state index in [1.165, 1.54) is 0 Å². The smallest absolute Gasteiger partial charge is 0.261 e. The van der Waals surface area contributed by atoms with Crippen molar-refractivity contribution < 1.29 is 14.4 Å². The minimum atomic E-state index is -0.344. The molecule has 0 atom stereocenters. The van der Waals surface area contributed by atoms with Crippen LogP contribution in [0.15, 0.2) is 30.6 Å². The summed E-state index contributed by atoms with van der Waals surface area (Å²) in [5, 5.41) is 2.69. The first-order valence-corrected chi connectivity index (χ1v) is 7.28. The van der Waals surface area contributed by atoms with Crippen molar-refractivity contribution in [3.63, 3.8) is 0 Å². The van der Waals surface area contributed by atoms with Gasteiger partial charge in [0.25, 0.3) is 11.8 Å². The molecule has 0 bridgehead atoms. The number of H-pyrrole nitrogens is 1. The average Bonchev–Trinajstić information content (AvgIpc) is 3.12. The topological polar surface area (TPSA) is 95.2 Å². The van der Waals surface area contributed by atoms with Crippen LogP contribution in [-0.2, 0) is 11.3 Å². The van der Waals surface area contributed by atoms with E-state index < -0.39 is 0 Å². The molecule has 0 aliphatic carbocycles. The summed E-state index contributed by atoms with van der Waals surface area (Å²) in [5.41, 5.74) is 1.73. The molecule has 118 valence electrons. The van der Waals surface area contributed by atoms with Crippen molar-refractivity contribution >= 4 is 17.7 Å². The molecule has 3 rings (SSSR count). The maximum Gasteiger partial charge on any atom is 0.261 e. The first kappa shape index (κ1) is 15.0. The Morgan fingerprint density at radius 3 is 2.78 bits per heavy atom. The van der Waals surface area contributed by atoms with E-state index in [1.807, 2.05) is 6.92 Å². The summed E-state index contributed by atoms with van der Waals surface area (Å²) >= 11 is 0. The predicted octanol–water partition coefficient (Wildman–Crippen LogP) is 1.02. The highest BCUT2D eigenvalue weighted by Gasteiger charge is 2.35. The van der Waals surface area contributed by atoms with Gasteiger partial charge >= 0.3 is 0 Å². The average molecular weight is 312 g/mol. The fourth-order valence-electron chi connectivity index (χ4n) is 2.49. The number of aromatic nitrogens is 2. The van der Waals surface area contributed by atoms with E-state index in [2.05, 4.69) is 15.3 Å². The first-order chi connectivity index (χ1) is 11.1. The van der Waals surface area contributed by atoms with Gasteiger partial charge < -0.3 is 10.3 Å². The Morgan fingerprint density at radius 2 is 2.04 bits per heavy atom. The molecule has 0 fully saturated rings. The number of hydrogen-bond acceptors (Lipinski definition) is 4. The number of nitrogens with one attached hydrogen (secondary N) is 2. The number of amides is 3. The van der Waals surface area contributed by atoms with Gasteiger partial charge in [-0.25, -0.2) is 4.98 Å². The van der Waals surface area contributed by atoms with Crippen molar-refractivity contribution in [1.29, 1.82) is 0 Å². The fourth-order valence-corrected chi connectivity index (χ4v) is 2.49. The molecule has 1 aromatic heterocycles. The number of imidazole rings is 1. The van der Waals surface area contributed by atoms with Crippen LogP contribution in [0.3, 0.4) is 0 Å². The van der Waals surface area contributed by atoms with Crippen LogP contribution in [0.5, 0.6) is 0 Å². The van der Waals surface area contributed by atoms with Crippen LogP contribution in [0.2, 0.25) is 0 Å². The minimum absolute atomic E-state index is 0.0607. The fraction of sp³-hybridized carbons (Fsp3) is 0.250. The van der Waals surface area contributed by atoms with Gasteiger partial charge in [-0.2, -0.15) is 0 Å². The Morgan fingerprint density at radius 1 is 1.26 bits per heavy atom. The zero-order chi connectivity index (χ0) is 16.4. The van der Waals surface area contributed by atoms with Crippen molar-refractivity contribution in [3.8, 4) is 0 Å². The SMILES string of the molecule is Cc1ccc2c(c1)C(=O)N(CCC(=O)NCc1ncc[nH]1)C2=O. The van der Waals surface area contributed by atoms with Gasteiger partial charge in [-0.05, 0) is 19.1 Å². The minimum Gasteiger partial charge on any atom is -0.349 e. The molecule has 2 N–H and O–H groups in total. The van der Waals surface area contributed by atoms with Crippen molar-refractivity contribution in [3.05, 3.63) is 53.1 Å². The molecule has 1 aliphatic heterocycles. The Balaban J connectivity index is 1.58. The molecule has 0 radical (unpaired) electrons. The number of imide groups is 1. The summed E-state index contributed by atoms with van der Waals surface area (Å²) in [4.78, 5) is 44.3. The number of aromatic amines is 1. The van der Waals surface area contributed by atoms with Crippen LogP contribution >= 0.6 is 0 Å². The molecule has 1 aliphatic rings. The van der Waals surface area contributed by atoms with E-state index in [9.17, 15) is 14.4 Å². The number of carbonyl (C=O) groups excluding carboxylic acids is 3. The molecule has 0 saturated heterocycles.